The molecule has 0 heterocycles. The van der Waals surface area contributed by atoms with Gasteiger partial charge >= 0.3 is 0 Å². The molecule has 0 aliphatic rings. The smallest absolute Gasteiger partial charge is 0.186 e. The van der Waals surface area contributed by atoms with Crippen LogP contribution in [0.1, 0.15) is 26.2 Å². The van der Waals surface area contributed by atoms with Gasteiger partial charge in [-0.2, -0.15) is 0 Å². The molecule has 0 aliphatic carbocycles. The molecular formula is C17H27NO3. The second-order valence-corrected chi connectivity index (χ2v) is 4.64. The first-order chi connectivity index (χ1) is 10.3. The van der Waals surface area contributed by atoms with Crippen LogP contribution >= 0.6 is 0 Å². The third-order valence-corrected chi connectivity index (χ3v) is 2.83. The Morgan fingerprint density at radius 2 is 1.71 bits per heavy atom. The largest absolute Gasteiger partial charge is 0.442 e. The molecular weight excluding hydrogens is 266 g/mol. The maximum Gasteiger partial charge on any atom is 0.186 e. The van der Waals surface area contributed by atoms with Crippen LogP contribution in [0.2, 0.25) is 0 Å². The van der Waals surface area contributed by atoms with Crippen molar-refractivity contribution in [2.45, 2.75) is 26.2 Å². The molecule has 0 fully saturated rings. The third kappa shape index (κ3) is 9.93. The number of ether oxygens (including phenoxy) is 3. The van der Waals surface area contributed by atoms with E-state index in [4.69, 9.17) is 14.2 Å². The fraction of sp³-hybridized carbons (Fsp3) is 0.529. The molecule has 0 amide bonds. The molecule has 21 heavy (non-hydrogen) atoms. The number of rotatable bonds is 13. The summed E-state index contributed by atoms with van der Waals surface area (Å²) in [6.45, 7) is 9.65. The molecule has 118 valence electrons. The first-order valence-electron chi connectivity index (χ1n) is 7.64. The van der Waals surface area contributed by atoms with E-state index >= 15 is 0 Å². The van der Waals surface area contributed by atoms with Gasteiger partial charge in [-0.05, 0) is 44.9 Å². The van der Waals surface area contributed by atoms with Crippen LogP contribution < -0.4 is 10.1 Å². The van der Waals surface area contributed by atoms with E-state index in [1.54, 1.807) is 0 Å². The summed E-state index contributed by atoms with van der Waals surface area (Å²) >= 11 is 0. The summed E-state index contributed by atoms with van der Waals surface area (Å²) in [5, 5.41) is 3.09. The maximum absolute atomic E-state index is 5.54. The molecule has 4 nitrogen and oxygen atoms in total. The van der Waals surface area contributed by atoms with Crippen molar-refractivity contribution in [2.24, 2.45) is 0 Å². The van der Waals surface area contributed by atoms with Gasteiger partial charge in [-0.3, -0.25) is 0 Å². The van der Waals surface area contributed by atoms with E-state index in [1.807, 2.05) is 37.3 Å². The highest BCUT2D eigenvalue weighted by Crippen LogP contribution is 2.10. The minimum atomic E-state index is 0.543. The lowest BCUT2D eigenvalue weighted by molar-refractivity contribution is 0.120. The zero-order chi connectivity index (χ0) is 15.2. The molecule has 0 unspecified atom stereocenters. The van der Waals surface area contributed by atoms with Gasteiger partial charge in [0.25, 0.3) is 0 Å². The van der Waals surface area contributed by atoms with Gasteiger partial charge in [0.15, 0.2) is 5.88 Å². The summed E-state index contributed by atoms with van der Waals surface area (Å²) in [6, 6.07) is 9.59. The van der Waals surface area contributed by atoms with Crippen molar-refractivity contribution in [3.63, 3.8) is 0 Å². The van der Waals surface area contributed by atoms with E-state index in [1.165, 1.54) is 0 Å². The summed E-state index contributed by atoms with van der Waals surface area (Å²) < 4.78 is 16.3. The number of hydrogen-bond donors (Lipinski definition) is 1. The molecule has 1 N–H and O–H groups in total. The topological polar surface area (TPSA) is 39.7 Å². The lowest BCUT2D eigenvalue weighted by Crippen LogP contribution is -2.22. The first-order valence-corrected chi connectivity index (χ1v) is 7.64. The predicted octanol–water partition coefficient (Wildman–Crippen LogP) is 3.35. The molecule has 0 aliphatic heterocycles. The van der Waals surface area contributed by atoms with Crippen LogP contribution in [0.4, 0.5) is 0 Å². The van der Waals surface area contributed by atoms with E-state index in [0.717, 1.165) is 44.8 Å². The standard InChI is InChI=1S/C17H27NO3/c1-3-19-13-8-5-9-14-20-15-12-18-16(2)21-17-10-6-4-7-11-17/h4,6-7,10-11,18H,2-3,5,8-9,12-15H2,1H3. The summed E-state index contributed by atoms with van der Waals surface area (Å²) in [7, 11) is 0. The highest BCUT2D eigenvalue weighted by atomic mass is 16.5. The molecule has 0 radical (unpaired) electrons. The molecule has 0 atom stereocenters. The van der Waals surface area contributed by atoms with Gasteiger partial charge < -0.3 is 19.5 Å². The van der Waals surface area contributed by atoms with Crippen LogP contribution in [-0.4, -0.2) is 33.0 Å². The van der Waals surface area contributed by atoms with Gasteiger partial charge in [0.2, 0.25) is 0 Å². The zero-order valence-corrected chi connectivity index (χ0v) is 13.0. The number of hydrogen-bond acceptors (Lipinski definition) is 4. The van der Waals surface area contributed by atoms with Gasteiger partial charge in [0.05, 0.1) is 6.61 Å². The minimum absolute atomic E-state index is 0.543. The predicted molar refractivity (Wildman–Crippen MR) is 85.4 cm³/mol. The Balaban J connectivity index is 1.89. The highest BCUT2D eigenvalue weighted by molar-refractivity contribution is 5.22. The normalized spacial score (nSPS) is 10.3. The molecule has 0 bridgehead atoms. The summed E-state index contributed by atoms with van der Waals surface area (Å²) in [4.78, 5) is 0. The number of benzene rings is 1. The minimum Gasteiger partial charge on any atom is -0.442 e. The Kier molecular flexibility index (Phi) is 10.2. The Hall–Kier alpha value is -1.52. The van der Waals surface area contributed by atoms with E-state index in [2.05, 4.69) is 11.9 Å². The summed E-state index contributed by atoms with van der Waals surface area (Å²) in [5.74, 6) is 1.33. The molecule has 1 aromatic carbocycles. The number of unbranched alkanes of at least 4 members (excludes halogenated alkanes) is 2. The SMILES string of the molecule is C=C(NCCOCCCCCOCC)Oc1ccccc1. The van der Waals surface area contributed by atoms with Crippen LogP contribution in [0.5, 0.6) is 5.75 Å². The van der Waals surface area contributed by atoms with Crippen molar-refractivity contribution in [3.05, 3.63) is 42.8 Å². The van der Waals surface area contributed by atoms with Crippen LogP contribution in [0, 0.1) is 0 Å². The highest BCUT2D eigenvalue weighted by Gasteiger charge is 1.96. The quantitative estimate of drug-likeness (QED) is 0.447. The Morgan fingerprint density at radius 3 is 2.43 bits per heavy atom. The lowest BCUT2D eigenvalue weighted by Gasteiger charge is -2.11. The van der Waals surface area contributed by atoms with Crippen molar-refractivity contribution in [3.8, 4) is 5.75 Å². The van der Waals surface area contributed by atoms with Gasteiger partial charge in [-0.1, -0.05) is 18.2 Å². The van der Waals surface area contributed by atoms with Gasteiger partial charge in [-0.25, -0.2) is 0 Å². The van der Waals surface area contributed by atoms with Gasteiger partial charge in [-0.15, -0.1) is 0 Å². The summed E-state index contributed by atoms with van der Waals surface area (Å²) in [5.41, 5.74) is 0. The average Bonchev–Trinajstić information content (AvgIpc) is 2.50. The Morgan fingerprint density at radius 1 is 1.00 bits per heavy atom. The number of nitrogens with one attached hydrogen (secondary N) is 1. The Labute approximate surface area is 128 Å². The molecule has 0 aromatic heterocycles. The van der Waals surface area contributed by atoms with E-state index in [0.29, 0.717) is 19.0 Å². The average molecular weight is 293 g/mol. The molecule has 4 heteroatoms. The fourth-order valence-electron chi connectivity index (χ4n) is 1.76. The Bertz CT molecular complexity index is 368. The van der Waals surface area contributed by atoms with Crippen molar-refractivity contribution in [2.75, 3.05) is 33.0 Å². The second-order valence-electron chi connectivity index (χ2n) is 4.64. The van der Waals surface area contributed by atoms with Gasteiger partial charge in [0.1, 0.15) is 5.75 Å². The monoisotopic (exact) mass is 293 g/mol. The first kappa shape index (κ1) is 17.5. The van der Waals surface area contributed by atoms with E-state index in [-0.39, 0.29) is 0 Å². The fourth-order valence-corrected chi connectivity index (χ4v) is 1.76. The second kappa shape index (κ2) is 12.2. The van der Waals surface area contributed by atoms with Crippen molar-refractivity contribution in [1.29, 1.82) is 0 Å². The van der Waals surface area contributed by atoms with Crippen LogP contribution in [0.3, 0.4) is 0 Å². The van der Waals surface area contributed by atoms with Crippen LogP contribution in [-0.2, 0) is 9.47 Å². The molecule has 0 saturated carbocycles. The van der Waals surface area contributed by atoms with Crippen molar-refractivity contribution < 1.29 is 14.2 Å². The molecule has 0 saturated heterocycles. The molecule has 1 aromatic rings. The zero-order valence-electron chi connectivity index (χ0n) is 13.0. The number of para-hydroxylation sites is 1. The van der Waals surface area contributed by atoms with Crippen molar-refractivity contribution in [1.82, 2.24) is 5.32 Å². The third-order valence-electron chi connectivity index (χ3n) is 2.83. The van der Waals surface area contributed by atoms with Crippen LogP contribution in [0.15, 0.2) is 42.8 Å². The van der Waals surface area contributed by atoms with Crippen molar-refractivity contribution >= 4 is 0 Å². The van der Waals surface area contributed by atoms with E-state index < -0.39 is 0 Å². The summed E-state index contributed by atoms with van der Waals surface area (Å²) in [6.07, 6.45) is 3.34. The van der Waals surface area contributed by atoms with Crippen LogP contribution in [0.25, 0.3) is 0 Å². The van der Waals surface area contributed by atoms with Gasteiger partial charge in [0, 0.05) is 26.4 Å². The lowest BCUT2D eigenvalue weighted by atomic mass is 10.2. The molecule has 1 rings (SSSR count). The molecule has 0 spiro atoms. The van der Waals surface area contributed by atoms with E-state index in [9.17, 15) is 0 Å². The maximum atomic E-state index is 5.54.